The molecule has 1 atom stereocenters. The van der Waals surface area contributed by atoms with Gasteiger partial charge in [-0.25, -0.2) is 0 Å². The van der Waals surface area contributed by atoms with E-state index in [1.165, 1.54) is 0 Å². The average Bonchev–Trinajstić information content (AvgIpc) is 2.15. The van der Waals surface area contributed by atoms with E-state index in [2.05, 4.69) is 17.9 Å². The number of piperidine rings is 1. The fourth-order valence-electron chi connectivity index (χ4n) is 2.01. The van der Waals surface area contributed by atoms with Gasteiger partial charge in [0.25, 0.3) is 0 Å². The highest BCUT2D eigenvalue weighted by atomic mass is 16.3. The van der Waals surface area contributed by atoms with Crippen LogP contribution in [0.15, 0.2) is 0 Å². The van der Waals surface area contributed by atoms with E-state index in [4.69, 9.17) is 5.26 Å². The Hall–Kier alpha value is -0.590. The number of hydrogen-bond acceptors (Lipinski definition) is 3. The van der Waals surface area contributed by atoms with Crippen LogP contribution in [0, 0.1) is 11.3 Å². The van der Waals surface area contributed by atoms with Gasteiger partial charge >= 0.3 is 0 Å². The van der Waals surface area contributed by atoms with Crippen molar-refractivity contribution < 1.29 is 5.11 Å². The van der Waals surface area contributed by atoms with Gasteiger partial charge in [-0.05, 0) is 26.2 Å². The van der Waals surface area contributed by atoms with Gasteiger partial charge in [0.2, 0.25) is 0 Å². The van der Waals surface area contributed by atoms with Gasteiger partial charge in [0, 0.05) is 19.1 Å². The van der Waals surface area contributed by atoms with Crippen LogP contribution in [0.3, 0.4) is 0 Å². The molecule has 0 aromatic rings. The number of nitriles is 1. The zero-order valence-corrected chi connectivity index (χ0v) is 9.16. The highest BCUT2D eigenvalue weighted by molar-refractivity contribution is 4.88. The van der Waals surface area contributed by atoms with E-state index >= 15 is 0 Å². The van der Waals surface area contributed by atoms with Gasteiger partial charge in [-0.1, -0.05) is 6.92 Å². The van der Waals surface area contributed by atoms with Gasteiger partial charge in [0.1, 0.15) is 0 Å². The van der Waals surface area contributed by atoms with E-state index in [9.17, 15) is 5.11 Å². The standard InChI is InChI=1S/C11H20N2O/c1-3-10(4-7-12)13-8-5-11(2,14)6-9-13/h10,14H,3-6,8-9H2,1-2H3. The van der Waals surface area contributed by atoms with Gasteiger partial charge < -0.3 is 5.11 Å². The zero-order valence-electron chi connectivity index (χ0n) is 9.16. The SMILES string of the molecule is CCC(CC#N)N1CCC(C)(O)CC1. The number of likely N-dealkylation sites (tertiary alicyclic amines) is 1. The first-order valence-corrected chi connectivity index (χ1v) is 5.42. The number of rotatable bonds is 3. The molecule has 0 aromatic carbocycles. The van der Waals surface area contributed by atoms with Crippen LogP contribution in [0.4, 0.5) is 0 Å². The average molecular weight is 196 g/mol. The molecule has 1 N–H and O–H groups in total. The van der Waals surface area contributed by atoms with Crippen molar-refractivity contribution in [2.45, 2.75) is 51.2 Å². The summed E-state index contributed by atoms with van der Waals surface area (Å²) in [4.78, 5) is 2.33. The van der Waals surface area contributed by atoms with E-state index in [1.807, 2.05) is 6.92 Å². The summed E-state index contributed by atoms with van der Waals surface area (Å²) in [5.74, 6) is 0. The molecular weight excluding hydrogens is 176 g/mol. The minimum Gasteiger partial charge on any atom is -0.390 e. The fraction of sp³-hybridized carbons (Fsp3) is 0.909. The quantitative estimate of drug-likeness (QED) is 0.744. The highest BCUT2D eigenvalue weighted by Crippen LogP contribution is 2.24. The Morgan fingerprint density at radius 2 is 2.07 bits per heavy atom. The van der Waals surface area contributed by atoms with Crippen LogP contribution in [0.2, 0.25) is 0 Å². The van der Waals surface area contributed by atoms with Gasteiger partial charge in [0.05, 0.1) is 18.1 Å². The largest absolute Gasteiger partial charge is 0.390 e. The molecule has 0 spiro atoms. The van der Waals surface area contributed by atoms with E-state index < -0.39 is 5.60 Å². The van der Waals surface area contributed by atoms with E-state index in [0.717, 1.165) is 32.4 Å². The van der Waals surface area contributed by atoms with Crippen LogP contribution in [0.25, 0.3) is 0 Å². The first kappa shape index (κ1) is 11.5. The van der Waals surface area contributed by atoms with Crippen LogP contribution in [0.1, 0.15) is 39.5 Å². The van der Waals surface area contributed by atoms with Gasteiger partial charge in [-0.3, -0.25) is 4.90 Å². The second-order valence-corrected chi connectivity index (χ2v) is 4.46. The Balaban J connectivity index is 2.44. The third-order valence-corrected chi connectivity index (χ3v) is 3.19. The van der Waals surface area contributed by atoms with Crippen molar-refractivity contribution in [1.82, 2.24) is 4.90 Å². The molecule has 0 bridgehead atoms. The molecule has 0 amide bonds. The Morgan fingerprint density at radius 3 is 2.50 bits per heavy atom. The number of nitrogens with zero attached hydrogens (tertiary/aromatic N) is 2. The van der Waals surface area contributed by atoms with Gasteiger partial charge in [-0.2, -0.15) is 5.26 Å². The second kappa shape index (κ2) is 4.77. The molecule has 1 aliphatic heterocycles. The van der Waals surface area contributed by atoms with Crippen molar-refractivity contribution in [3.05, 3.63) is 0 Å². The van der Waals surface area contributed by atoms with Crippen LogP contribution in [-0.2, 0) is 0 Å². The molecule has 0 radical (unpaired) electrons. The minimum absolute atomic E-state index is 0.385. The van der Waals surface area contributed by atoms with Crippen molar-refractivity contribution in [3.8, 4) is 6.07 Å². The lowest BCUT2D eigenvalue weighted by Gasteiger charge is -2.39. The lowest BCUT2D eigenvalue weighted by molar-refractivity contribution is -0.0164. The molecule has 1 rings (SSSR count). The maximum atomic E-state index is 9.78. The molecular formula is C11H20N2O. The number of aliphatic hydroxyl groups is 1. The van der Waals surface area contributed by atoms with E-state index in [1.54, 1.807) is 0 Å². The van der Waals surface area contributed by atoms with Crippen LogP contribution in [0.5, 0.6) is 0 Å². The first-order chi connectivity index (χ1) is 6.59. The zero-order chi connectivity index (χ0) is 10.6. The molecule has 3 heteroatoms. The molecule has 3 nitrogen and oxygen atoms in total. The summed E-state index contributed by atoms with van der Waals surface area (Å²) in [6, 6.07) is 2.62. The smallest absolute Gasteiger partial charge is 0.0644 e. The topological polar surface area (TPSA) is 47.3 Å². The van der Waals surface area contributed by atoms with Crippen LogP contribution in [-0.4, -0.2) is 34.7 Å². The third kappa shape index (κ3) is 2.97. The molecule has 80 valence electrons. The number of hydrogen-bond donors (Lipinski definition) is 1. The summed E-state index contributed by atoms with van der Waals surface area (Å²) in [6.45, 7) is 5.87. The van der Waals surface area contributed by atoms with E-state index in [0.29, 0.717) is 12.5 Å². The second-order valence-electron chi connectivity index (χ2n) is 4.46. The van der Waals surface area contributed by atoms with Crippen molar-refractivity contribution in [3.63, 3.8) is 0 Å². The predicted molar refractivity (Wildman–Crippen MR) is 55.7 cm³/mol. The normalized spacial score (nSPS) is 24.1. The Bertz CT molecular complexity index is 210. The predicted octanol–water partition coefficient (Wildman–Crippen LogP) is 1.53. The van der Waals surface area contributed by atoms with Crippen molar-refractivity contribution in [2.24, 2.45) is 0 Å². The first-order valence-electron chi connectivity index (χ1n) is 5.42. The third-order valence-electron chi connectivity index (χ3n) is 3.19. The molecule has 0 aliphatic carbocycles. The summed E-state index contributed by atoms with van der Waals surface area (Å²) in [5.41, 5.74) is -0.485. The lowest BCUT2D eigenvalue weighted by atomic mass is 9.92. The molecule has 1 saturated heterocycles. The summed E-state index contributed by atoms with van der Waals surface area (Å²) in [6.07, 6.45) is 3.29. The Kier molecular flexibility index (Phi) is 3.91. The summed E-state index contributed by atoms with van der Waals surface area (Å²) < 4.78 is 0. The Morgan fingerprint density at radius 1 is 1.50 bits per heavy atom. The molecule has 1 aliphatic rings. The maximum absolute atomic E-state index is 9.78. The summed E-state index contributed by atoms with van der Waals surface area (Å²) in [5, 5.41) is 18.5. The summed E-state index contributed by atoms with van der Waals surface area (Å²) >= 11 is 0. The van der Waals surface area contributed by atoms with Crippen molar-refractivity contribution in [2.75, 3.05) is 13.1 Å². The highest BCUT2D eigenvalue weighted by Gasteiger charge is 2.29. The van der Waals surface area contributed by atoms with Gasteiger partial charge in [-0.15, -0.1) is 0 Å². The monoisotopic (exact) mass is 196 g/mol. The van der Waals surface area contributed by atoms with Crippen LogP contribution >= 0.6 is 0 Å². The Labute approximate surface area is 86.3 Å². The molecule has 1 unspecified atom stereocenters. The minimum atomic E-state index is -0.485. The fourth-order valence-corrected chi connectivity index (χ4v) is 2.01. The molecule has 14 heavy (non-hydrogen) atoms. The van der Waals surface area contributed by atoms with Gasteiger partial charge in [0.15, 0.2) is 0 Å². The summed E-state index contributed by atoms with van der Waals surface area (Å²) in [7, 11) is 0. The van der Waals surface area contributed by atoms with Crippen molar-refractivity contribution in [1.29, 1.82) is 5.26 Å². The molecule has 1 heterocycles. The van der Waals surface area contributed by atoms with E-state index in [-0.39, 0.29) is 0 Å². The van der Waals surface area contributed by atoms with Crippen LogP contribution < -0.4 is 0 Å². The lowest BCUT2D eigenvalue weighted by Crippen LogP contribution is -2.46. The molecule has 0 aromatic heterocycles. The maximum Gasteiger partial charge on any atom is 0.0644 e. The van der Waals surface area contributed by atoms with Crippen molar-refractivity contribution >= 4 is 0 Å². The molecule has 0 saturated carbocycles. The molecule has 1 fully saturated rings.